The SMILES string of the molecule is CCN(CCO)C(=O)N1CCCC(CC(=O)O)C1. The normalized spacial score (nSPS) is 19.7. The number of piperidine rings is 1. The summed E-state index contributed by atoms with van der Waals surface area (Å²) in [6, 6.07) is -0.0957. The molecule has 1 rings (SSSR count). The van der Waals surface area contributed by atoms with Crippen molar-refractivity contribution in [2.75, 3.05) is 32.8 Å². The molecule has 18 heavy (non-hydrogen) atoms. The molecule has 0 radical (unpaired) electrons. The van der Waals surface area contributed by atoms with Crippen LogP contribution in [0.3, 0.4) is 0 Å². The Morgan fingerprint density at radius 2 is 2.17 bits per heavy atom. The van der Waals surface area contributed by atoms with Crippen molar-refractivity contribution in [3.8, 4) is 0 Å². The minimum absolute atomic E-state index is 0.0491. The number of amides is 2. The number of urea groups is 1. The molecule has 104 valence electrons. The second-order valence-corrected chi connectivity index (χ2v) is 4.64. The van der Waals surface area contributed by atoms with Crippen LogP contribution >= 0.6 is 0 Å². The maximum Gasteiger partial charge on any atom is 0.320 e. The van der Waals surface area contributed by atoms with Gasteiger partial charge in [0, 0.05) is 32.6 Å². The second kappa shape index (κ2) is 7.20. The molecule has 1 aliphatic rings. The van der Waals surface area contributed by atoms with E-state index in [4.69, 9.17) is 10.2 Å². The molecule has 6 nitrogen and oxygen atoms in total. The molecule has 0 aromatic heterocycles. The van der Waals surface area contributed by atoms with Gasteiger partial charge in [-0.15, -0.1) is 0 Å². The molecular formula is C12H22N2O4. The fourth-order valence-corrected chi connectivity index (χ4v) is 2.36. The molecule has 1 unspecified atom stereocenters. The molecule has 2 amide bonds. The third kappa shape index (κ3) is 4.18. The van der Waals surface area contributed by atoms with Crippen LogP contribution in [-0.2, 0) is 4.79 Å². The van der Waals surface area contributed by atoms with Crippen molar-refractivity contribution in [1.82, 2.24) is 9.80 Å². The number of likely N-dealkylation sites (N-methyl/N-ethyl adjacent to an activating group) is 1. The van der Waals surface area contributed by atoms with E-state index in [1.165, 1.54) is 0 Å². The fraction of sp³-hybridized carbons (Fsp3) is 0.833. The number of carboxylic acid groups (broad SMARTS) is 1. The highest BCUT2D eigenvalue weighted by molar-refractivity contribution is 5.74. The predicted molar refractivity (Wildman–Crippen MR) is 66.3 cm³/mol. The van der Waals surface area contributed by atoms with Gasteiger partial charge in [-0.25, -0.2) is 4.79 Å². The Hall–Kier alpha value is -1.30. The molecule has 1 aliphatic heterocycles. The molecule has 6 heteroatoms. The number of carbonyl (C=O) groups excluding carboxylic acids is 1. The van der Waals surface area contributed by atoms with Crippen LogP contribution in [0.5, 0.6) is 0 Å². The summed E-state index contributed by atoms with van der Waals surface area (Å²) in [6.07, 6.45) is 1.83. The van der Waals surface area contributed by atoms with E-state index in [1.54, 1.807) is 9.80 Å². The lowest BCUT2D eigenvalue weighted by Gasteiger charge is -2.35. The fourth-order valence-electron chi connectivity index (χ4n) is 2.36. The standard InChI is InChI=1S/C12H22N2O4/c1-2-13(6-7-15)12(18)14-5-3-4-10(9-14)8-11(16)17/h10,15H,2-9H2,1H3,(H,16,17). The summed E-state index contributed by atoms with van der Waals surface area (Å²) in [7, 11) is 0. The van der Waals surface area contributed by atoms with Crippen molar-refractivity contribution in [3.63, 3.8) is 0 Å². The highest BCUT2D eigenvalue weighted by Crippen LogP contribution is 2.20. The maximum absolute atomic E-state index is 12.1. The van der Waals surface area contributed by atoms with E-state index in [-0.39, 0.29) is 25.0 Å². The van der Waals surface area contributed by atoms with E-state index in [0.717, 1.165) is 12.8 Å². The summed E-state index contributed by atoms with van der Waals surface area (Å²) in [6.45, 7) is 3.89. The first-order valence-corrected chi connectivity index (χ1v) is 6.45. The molecule has 1 saturated heterocycles. The van der Waals surface area contributed by atoms with Crippen molar-refractivity contribution < 1.29 is 19.8 Å². The molecule has 0 saturated carbocycles. The van der Waals surface area contributed by atoms with Crippen molar-refractivity contribution in [2.45, 2.75) is 26.2 Å². The average molecular weight is 258 g/mol. The van der Waals surface area contributed by atoms with Gasteiger partial charge >= 0.3 is 12.0 Å². The number of aliphatic carboxylic acids is 1. The molecule has 0 aromatic carbocycles. The van der Waals surface area contributed by atoms with Gasteiger partial charge in [0.25, 0.3) is 0 Å². The quantitative estimate of drug-likeness (QED) is 0.757. The Labute approximate surface area is 107 Å². The van der Waals surface area contributed by atoms with Gasteiger partial charge in [0.15, 0.2) is 0 Å². The third-order valence-corrected chi connectivity index (χ3v) is 3.27. The summed E-state index contributed by atoms with van der Waals surface area (Å²) < 4.78 is 0. The van der Waals surface area contributed by atoms with Crippen LogP contribution in [0.2, 0.25) is 0 Å². The monoisotopic (exact) mass is 258 g/mol. The number of hydrogen-bond donors (Lipinski definition) is 2. The van der Waals surface area contributed by atoms with E-state index < -0.39 is 5.97 Å². The second-order valence-electron chi connectivity index (χ2n) is 4.64. The number of aliphatic hydroxyl groups excluding tert-OH is 1. The molecule has 2 N–H and O–H groups in total. The van der Waals surface area contributed by atoms with Crippen molar-refractivity contribution in [3.05, 3.63) is 0 Å². The summed E-state index contributed by atoms with van der Waals surface area (Å²) in [5.74, 6) is -0.759. The van der Waals surface area contributed by atoms with Gasteiger partial charge in [-0.05, 0) is 25.7 Å². The van der Waals surface area contributed by atoms with Crippen LogP contribution in [-0.4, -0.2) is 64.8 Å². The summed E-state index contributed by atoms with van der Waals surface area (Å²) in [4.78, 5) is 26.1. The zero-order valence-electron chi connectivity index (χ0n) is 10.8. The van der Waals surface area contributed by atoms with Crippen LogP contribution in [0.15, 0.2) is 0 Å². The smallest absolute Gasteiger partial charge is 0.320 e. The van der Waals surface area contributed by atoms with Gasteiger partial charge in [0.05, 0.1) is 6.61 Å². The van der Waals surface area contributed by atoms with Gasteiger partial charge in [0.1, 0.15) is 0 Å². The van der Waals surface area contributed by atoms with Crippen LogP contribution in [0.1, 0.15) is 26.2 Å². The van der Waals surface area contributed by atoms with Crippen LogP contribution in [0.4, 0.5) is 4.79 Å². The number of carboxylic acids is 1. The molecule has 1 atom stereocenters. The molecule has 1 fully saturated rings. The number of hydrogen-bond acceptors (Lipinski definition) is 3. The van der Waals surface area contributed by atoms with E-state index >= 15 is 0 Å². The number of likely N-dealkylation sites (tertiary alicyclic amines) is 1. The number of rotatable bonds is 5. The number of nitrogens with zero attached hydrogens (tertiary/aromatic N) is 2. The average Bonchev–Trinajstić information content (AvgIpc) is 2.34. The van der Waals surface area contributed by atoms with Crippen LogP contribution < -0.4 is 0 Å². The van der Waals surface area contributed by atoms with Gasteiger partial charge in [-0.3, -0.25) is 4.79 Å². The van der Waals surface area contributed by atoms with Gasteiger partial charge in [-0.2, -0.15) is 0 Å². The van der Waals surface area contributed by atoms with Gasteiger partial charge in [0.2, 0.25) is 0 Å². The topological polar surface area (TPSA) is 81.1 Å². The first-order chi connectivity index (χ1) is 8.58. The van der Waals surface area contributed by atoms with Crippen LogP contribution in [0.25, 0.3) is 0 Å². The minimum atomic E-state index is -0.808. The highest BCUT2D eigenvalue weighted by Gasteiger charge is 2.27. The minimum Gasteiger partial charge on any atom is -0.481 e. The maximum atomic E-state index is 12.1. The first-order valence-electron chi connectivity index (χ1n) is 6.45. The number of carbonyl (C=O) groups is 2. The molecule has 1 heterocycles. The number of aliphatic hydroxyl groups is 1. The first kappa shape index (κ1) is 14.8. The summed E-state index contributed by atoms with van der Waals surface area (Å²) >= 11 is 0. The lowest BCUT2D eigenvalue weighted by Crippen LogP contribution is -2.48. The van der Waals surface area contributed by atoms with Crippen molar-refractivity contribution >= 4 is 12.0 Å². The van der Waals surface area contributed by atoms with E-state index in [1.807, 2.05) is 6.92 Å². The largest absolute Gasteiger partial charge is 0.481 e. The zero-order valence-corrected chi connectivity index (χ0v) is 10.8. The Morgan fingerprint density at radius 3 is 2.72 bits per heavy atom. The predicted octanol–water partition coefficient (Wildman–Crippen LogP) is 0.607. The van der Waals surface area contributed by atoms with E-state index in [2.05, 4.69) is 0 Å². The Bertz CT molecular complexity index is 296. The molecule has 0 spiro atoms. The zero-order chi connectivity index (χ0) is 13.5. The summed E-state index contributed by atoms with van der Waals surface area (Å²) in [5, 5.41) is 17.7. The molecular weight excluding hydrogens is 236 g/mol. The third-order valence-electron chi connectivity index (χ3n) is 3.27. The Morgan fingerprint density at radius 1 is 1.44 bits per heavy atom. The molecule has 0 aromatic rings. The van der Waals surface area contributed by atoms with Crippen LogP contribution in [0, 0.1) is 5.92 Å². The van der Waals surface area contributed by atoms with E-state index in [9.17, 15) is 9.59 Å². The Balaban J connectivity index is 2.54. The highest BCUT2D eigenvalue weighted by atomic mass is 16.4. The van der Waals surface area contributed by atoms with E-state index in [0.29, 0.717) is 26.2 Å². The lowest BCUT2D eigenvalue weighted by molar-refractivity contribution is -0.138. The summed E-state index contributed by atoms with van der Waals surface area (Å²) in [5.41, 5.74) is 0. The molecule has 0 bridgehead atoms. The Kier molecular flexibility index (Phi) is 5.91. The van der Waals surface area contributed by atoms with Gasteiger partial charge < -0.3 is 20.0 Å². The lowest BCUT2D eigenvalue weighted by atomic mass is 9.95. The van der Waals surface area contributed by atoms with Crippen molar-refractivity contribution in [2.24, 2.45) is 5.92 Å². The molecule has 0 aliphatic carbocycles. The van der Waals surface area contributed by atoms with Crippen molar-refractivity contribution in [1.29, 1.82) is 0 Å². The van der Waals surface area contributed by atoms with Gasteiger partial charge in [-0.1, -0.05) is 0 Å².